The molecule has 2 unspecified atom stereocenters. The van der Waals surface area contributed by atoms with Crippen molar-refractivity contribution in [2.75, 3.05) is 4.90 Å². The highest BCUT2D eigenvalue weighted by Crippen LogP contribution is 2.30. The summed E-state index contributed by atoms with van der Waals surface area (Å²) in [7, 11) is 0. The summed E-state index contributed by atoms with van der Waals surface area (Å²) in [5, 5.41) is 19.9. The first-order valence-corrected chi connectivity index (χ1v) is 9.81. The normalized spacial score (nSPS) is 13.0. The molecule has 0 spiro atoms. The summed E-state index contributed by atoms with van der Waals surface area (Å²) in [6, 6.07) is 10.5. The fourth-order valence-electron chi connectivity index (χ4n) is 3.38. The summed E-state index contributed by atoms with van der Waals surface area (Å²) < 4.78 is 0. The number of carbonyl (C=O) groups is 2. The monoisotopic (exact) mass is 399 g/mol. The Kier molecular flexibility index (Phi) is 7.75. The van der Waals surface area contributed by atoms with Gasteiger partial charge in [-0.15, -0.1) is 0 Å². The number of carbonyl (C=O) groups excluding carboxylic acids is 1. The Labute approximate surface area is 170 Å². The van der Waals surface area contributed by atoms with E-state index in [1.165, 1.54) is 24.3 Å². The van der Waals surface area contributed by atoms with Crippen molar-refractivity contribution in [3.63, 3.8) is 0 Å². The van der Waals surface area contributed by atoms with E-state index in [0.29, 0.717) is 5.69 Å². The molecule has 0 radical (unpaired) electrons. The number of anilines is 1. The number of hydrogen-bond donors (Lipinski definition) is 4. The van der Waals surface area contributed by atoms with Crippen LogP contribution >= 0.6 is 0 Å². The highest BCUT2D eigenvalue weighted by molar-refractivity contribution is 6.15. The van der Waals surface area contributed by atoms with Crippen molar-refractivity contribution in [2.45, 2.75) is 51.9 Å². The predicted octanol–water partition coefficient (Wildman–Crippen LogP) is 3.30. The van der Waals surface area contributed by atoms with Crippen LogP contribution in [0.4, 0.5) is 5.69 Å². The van der Waals surface area contributed by atoms with Crippen molar-refractivity contribution in [1.82, 2.24) is 0 Å². The highest BCUT2D eigenvalue weighted by Gasteiger charge is 2.24. The zero-order valence-corrected chi connectivity index (χ0v) is 16.8. The van der Waals surface area contributed by atoms with Gasteiger partial charge in [-0.25, -0.2) is 4.79 Å². The van der Waals surface area contributed by atoms with Crippen LogP contribution in [-0.4, -0.2) is 34.3 Å². The van der Waals surface area contributed by atoms with Gasteiger partial charge >= 0.3 is 5.97 Å². The van der Waals surface area contributed by atoms with Gasteiger partial charge in [0.05, 0.1) is 23.5 Å². The standard InChI is InChI=1S/C22H29N3O4/c1-3-7-19(23)25(20(24)8-4-2)14-11-12-17(18(26)13-14)21(27)15-9-5-6-10-16(15)22(28)29/h5-6,9-13,19-20,26H,3-4,7-8,23-24H2,1-2H3,(H,28,29). The Hall–Kier alpha value is -2.90. The summed E-state index contributed by atoms with van der Waals surface area (Å²) in [6.07, 6.45) is 2.57. The molecule has 0 aromatic heterocycles. The van der Waals surface area contributed by atoms with Crippen molar-refractivity contribution in [2.24, 2.45) is 11.5 Å². The zero-order chi connectivity index (χ0) is 21.6. The van der Waals surface area contributed by atoms with E-state index < -0.39 is 11.8 Å². The number of hydrogen-bond acceptors (Lipinski definition) is 6. The summed E-state index contributed by atoms with van der Waals surface area (Å²) in [4.78, 5) is 26.1. The summed E-state index contributed by atoms with van der Waals surface area (Å²) in [6.45, 7) is 4.06. The van der Waals surface area contributed by atoms with Crippen molar-refractivity contribution >= 4 is 17.4 Å². The molecule has 0 saturated carbocycles. The maximum Gasteiger partial charge on any atom is 0.336 e. The van der Waals surface area contributed by atoms with Crippen LogP contribution in [0.1, 0.15) is 65.8 Å². The van der Waals surface area contributed by atoms with Gasteiger partial charge in [0.15, 0.2) is 5.78 Å². The fraction of sp³-hybridized carbons (Fsp3) is 0.364. The van der Waals surface area contributed by atoms with Gasteiger partial charge in [0.25, 0.3) is 0 Å². The summed E-state index contributed by atoms with van der Waals surface area (Å²) in [5.74, 6) is -2.01. The Morgan fingerprint density at radius 1 is 0.931 bits per heavy atom. The number of phenolic OH excluding ortho intramolecular Hbond substituents is 1. The van der Waals surface area contributed by atoms with E-state index in [2.05, 4.69) is 0 Å². The van der Waals surface area contributed by atoms with Gasteiger partial charge in [0.2, 0.25) is 0 Å². The smallest absolute Gasteiger partial charge is 0.336 e. The maximum atomic E-state index is 12.9. The molecule has 156 valence electrons. The van der Waals surface area contributed by atoms with Crippen LogP contribution in [0, 0.1) is 0 Å². The average molecular weight is 399 g/mol. The molecule has 29 heavy (non-hydrogen) atoms. The van der Waals surface area contributed by atoms with Crippen LogP contribution in [0.5, 0.6) is 5.75 Å². The quantitative estimate of drug-likeness (QED) is 0.356. The van der Waals surface area contributed by atoms with E-state index in [1.807, 2.05) is 18.7 Å². The number of carboxylic acids is 1. The van der Waals surface area contributed by atoms with Crippen LogP contribution in [-0.2, 0) is 0 Å². The SMILES string of the molecule is CCCC(N)N(c1ccc(C(=O)c2ccccc2C(=O)O)c(O)c1)C(N)CCC. The van der Waals surface area contributed by atoms with Crippen LogP contribution in [0.25, 0.3) is 0 Å². The Morgan fingerprint density at radius 2 is 1.48 bits per heavy atom. The Bertz CT molecular complexity index is 857. The molecule has 0 amide bonds. The highest BCUT2D eigenvalue weighted by atomic mass is 16.4. The fourth-order valence-corrected chi connectivity index (χ4v) is 3.38. The van der Waals surface area contributed by atoms with Crippen LogP contribution < -0.4 is 16.4 Å². The number of nitrogens with two attached hydrogens (primary N) is 2. The molecule has 6 N–H and O–H groups in total. The number of benzene rings is 2. The second-order valence-corrected chi connectivity index (χ2v) is 7.00. The predicted molar refractivity (Wildman–Crippen MR) is 113 cm³/mol. The van der Waals surface area contributed by atoms with E-state index in [9.17, 15) is 19.8 Å². The summed E-state index contributed by atoms with van der Waals surface area (Å²) in [5.41, 5.74) is 13.2. The molecule has 2 atom stereocenters. The van der Waals surface area contributed by atoms with Crippen molar-refractivity contribution in [3.8, 4) is 5.75 Å². The van der Waals surface area contributed by atoms with Crippen molar-refractivity contribution in [3.05, 3.63) is 59.2 Å². The minimum atomic E-state index is -1.20. The number of nitrogens with zero attached hydrogens (tertiary/aromatic N) is 1. The van der Waals surface area contributed by atoms with E-state index in [-0.39, 0.29) is 34.8 Å². The lowest BCUT2D eigenvalue weighted by molar-refractivity contribution is 0.0692. The number of carboxylic acid groups (broad SMARTS) is 1. The van der Waals surface area contributed by atoms with Crippen molar-refractivity contribution in [1.29, 1.82) is 0 Å². The van der Waals surface area contributed by atoms with Gasteiger partial charge in [-0.1, -0.05) is 44.9 Å². The molecular weight excluding hydrogens is 370 g/mol. The molecule has 0 aliphatic carbocycles. The number of phenols is 1. The molecule has 7 nitrogen and oxygen atoms in total. The van der Waals surface area contributed by atoms with Gasteiger partial charge in [0.1, 0.15) is 5.75 Å². The molecule has 0 bridgehead atoms. The molecule has 0 fully saturated rings. The van der Waals surface area contributed by atoms with Crippen molar-refractivity contribution < 1.29 is 19.8 Å². The minimum absolute atomic E-state index is 0.0188. The summed E-state index contributed by atoms with van der Waals surface area (Å²) >= 11 is 0. The molecule has 0 aliphatic rings. The van der Waals surface area contributed by atoms with Crippen LogP contribution in [0.3, 0.4) is 0 Å². The molecule has 7 heteroatoms. The third-order valence-corrected chi connectivity index (χ3v) is 4.81. The minimum Gasteiger partial charge on any atom is -0.507 e. The maximum absolute atomic E-state index is 12.9. The number of aromatic carboxylic acids is 1. The van der Waals surface area contributed by atoms with Gasteiger partial charge in [-0.2, -0.15) is 0 Å². The van der Waals surface area contributed by atoms with Gasteiger partial charge < -0.3 is 26.6 Å². The Balaban J connectivity index is 2.42. The molecule has 0 saturated heterocycles. The number of ketones is 1. The molecule has 0 aliphatic heterocycles. The average Bonchev–Trinajstić information content (AvgIpc) is 2.68. The van der Waals surface area contributed by atoms with Gasteiger partial charge in [0, 0.05) is 17.3 Å². The molecule has 2 rings (SSSR count). The largest absolute Gasteiger partial charge is 0.507 e. The topological polar surface area (TPSA) is 130 Å². The first-order chi connectivity index (χ1) is 13.8. The van der Waals surface area contributed by atoms with E-state index in [4.69, 9.17) is 11.5 Å². The third kappa shape index (κ3) is 5.13. The van der Waals surface area contributed by atoms with E-state index in [0.717, 1.165) is 25.7 Å². The van der Waals surface area contributed by atoms with Gasteiger partial charge in [-0.3, -0.25) is 4.79 Å². The lowest BCUT2D eigenvalue weighted by Crippen LogP contribution is -2.52. The molecule has 0 heterocycles. The first kappa shape index (κ1) is 22.4. The number of aromatic hydroxyl groups is 1. The second-order valence-electron chi connectivity index (χ2n) is 7.00. The third-order valence-electron chi connectivity index (χ3n) is 4.81. The first-order valence-electron chi connectivity index (χ1n) is 9.81. The number of rotatable bonds is 10. The second kappa shape index (κ2) is 10.0. The molecule has 2 aromatic carbocycles. The van der Waals surface area contributed by atoms with E-state index >= 15 is 0 Å². The van der Waals surface area contributed by atoms with Gasteiger partial charge in [-0.05, 0) is 31.0 Å². The van der Waals surface area contributed by atoms with E-state index in [1.54, 1.807) is 18.2 Å². The molecule has 2 aromatic rings. The Morgan fingerprint density at radius 3 is 1.97 bits per heavy atom. The lowest BCUT2D eigenvalue weighted by atomic mass is 9.97. The molecular formula is C22H29N3O4. The van der Waals surface area contributed by atoms with Crippen LogP contribution in [0.15, 0.2) is 42.5 Å². The van der Waals surface area contributed by atoms with Crippen LogP contribution in [0.2, 0.25) is 0 Å². The zero-order valence-electron chi connectivity index (χ0n) is 16.8. The lowest BCUT2D eigenvalue weighted by Gasteiger charge is -2.36.